The van der Waals surface area contributed by atoms with Crippen LogP contribution in [0.25, 0.3) is 0 Å². The molecule has 132 valence electrons. The number of aromatic hydroxyl groups is 2. The lowest BCUT2D eigenvalue weighted by molar-refractivity contribution is -0.0264. The Morgan fingerprint density at radius 1 is 1.13 bits per heavy atom. The predicted molar refractivity (Wildman–Crippen MR) is 95.4 cm³/mol. The van der Waals surface area contributed by atoms with E-state index in [9.17, 15) is 10.2 Å². The standard InChI is InChI=1S/C18H29NO3.ClH/c1-2-3-4-5-6-7-8-13-11-15-14(17(12-19)22-13)9-10-16(20)18(15)21;/h9-10,13,17,20-21H,2-8,11-12,19H2,1H3;1H/t13-,17+;/m1./s1. The molecular formula is C18H30ClNO3. The third-order valence-electron chi connectivity index (χ3n) is 4.53. The second kappa shape index (κ2) is 10.0. The molecule has 0 saturated carbocycles. The molecule has 2 atom stereocenters. The van der Waals surface area contributed by atoms with Gasteiger partial charge in [0, 0.05) is 18.5 Å². The van der Waals surface area contributed by atoms with E-state index in [4.69, 9.17) is 10.5 Å². The van der Waals surface area contributed by atoms with Gasteiger partial charge in [-0.15, -0.1) is 12.4 Å². The number of benzene rings is 1. The van der Waals surface area contributed by atoms with Crippen LogP contribution in [-0.4, -0.2) is 22.9 Å². The van der Waals surface area contributed by atoms with Gasteiger partial charge in [-0.05, 0) is 18.1 Å². The van der Waals surface area contributed by atoms with E-state index in [0.29, 0.717) is 13.0 Å². The van der Waals surface area contributed by atoms with E-state index < -0.39 is 0 Å². The number of rotatable bonds is 8. The van der Waals surface area contributed by atoms with Crippen LogP contribution in [0.4, 0.5) is 0 Å². The molecule has 23 heavy (non-hydrogen) atoms. The maximum Gasteiger partial charge on any atom is 0.161 e. The van der Waals surface area contributed by atoms with Crippen molar-refractivity contribution in [2.75, 3.05) is 6.54 Å². The summed E-state index contributed by atoms with van der Waals surface area (Å²) in [6.07, 6.45) is 9.08. The van der Waals surface area contributed by atoms with Gasteiger partial charge in [0.2, 0.25) is 0 Å². The van der Waals surface area contributed by atoms with Crippen LogP contribution in [0, 0.1) is 0 Å². The van der Waals surface area contributed by atoms with Crippen LogP contribution < -0.4 is 5.73 Å². The Balaban J connectivity index is 0.00000264. The Morgan fingerprint density at radius 3 is 2.52 bits per heavy atom. The van der Waals surface area contributed by atoms with Crippen LogP contribution >= 0.6 is 12.4 Å². The minimum absolute atomic E-state index is 0. The van der Waals surface area contributed by atoms with Crippen molar-refractivity contribution in [3.63, 3.8) is 0 Å². The fourth-order valence-corrected chi connectivity index (χ4v) is 3.24. The van der Waals surface area contributed by atoms with Crippen LogP contribution in [0.15, 0.2) is 12.1 Å². The van der Waals surface area contributed by atoms with E-state index in [-0.39, 0.29) is 36.1 Å². The number of unbranched alkanes of at least 4 members (excludes halogenated alkanes) is 5. The maximum atomic E-state index is 10.1. The first-order valence-electron chi connectivity index (χ1n) is 8.56. The second-order valence-electron chi connectivity index (χ2n) is 6.24. The number of hydrogen-bond acceptors (Lipinski definition) is 4. The number of phenolic OH excluding ortho intramolecular Hbond substituents is 2. The van der Waals surface area contributed by atoms with Gasteiger partial charge in [-0.25, -0.2) is 0 Å². The number of nitrogens with two attached hydrogens (primary N) is 1. The zero-order valence-electron chi connectivity index (χ0n) is 14.0. The van der Waals surface area contributed by atoms with Crippen LogP contribution in [0.3, 0.4) is 0 Å². The van der Waals surface area contributed by atoms with Crippen molar-refractivity contribution in [2.24, 2.45) is 5.73 Å². The number of halogens is 1. The van der Waals surface area contributed by atoms with Gasteiger partial charge in [-0.1, -0.05) is 51.5 Å². The topological polar surface area (TPSA) is 75.7 Å². The van der Waals surface area contributed by atoms with E-state index in [1.807, 2.05) is 6.07 Å². The third kappa shape index (κ3) is 5.27. The highest BCUT2D eigenvalue weighted by Crippen LogP contribution is 2.40. The number of hydrogen-bond donors (Lipinski definition) is 3. The molecule has 0 saturated heterocycles. The molecule has 1 aromatic rings. The molecule has 5 heteroatoms. The Hall–Kier alpha value is -0.970. The molecule has 0 bridgehead atoms. The van der Waals surface area contributed by atoms with Crippen molar-refractivity contribution in [1.82, 2.24) is 0 Å². The first kappa shape index (κ1) is 20.1. The van der Waals surface area contributed by atoms with Crippen molar-refractivity contribution >= 4 is 12.4 Å². The first-order chi connectivity index (χ1) is 10.7. The van der Waals surface area contributed by atoms with Gasteiger partial charge in [0.1, 0.15) is 0 Å². The maximum absolute atomic E-state index is 10.1. The van der Waals surface area contributed by atoms with Crippen molar-refractivity contribution in [3.05, 3.63) is 23.3 Å². The molecule has 0 amide bonds. The van der Waals surface area contributed by atoms with Crippen molar-refractivity contribution in [1.29, 1.82) is 0 Å². The molecule has 0 radical (unpaired) electrons. The molecule has 0 spiro atoms. The van der Waals surface area contributed by atoms with Gasteiger partial charge in [0.15, 0.2) is 11.5 Å². The molecular weight excluding hydrogens is 314 g/mol. The van der Waals surface area contributed by atoms with E-state index >= 15 is 0 Å². The Labute approximate surface area is 145 Å². The van der Waals surface area contributed by atoms with Gasteiger partial charge >= 0.3 is 0 Å². The van der Waals surface area contributed by atoms with Gasteiger partial charge in [-0.2, -0.15) is 0 Å². The summed E-state index contributed by atoms with van der Waals surface area (Å²) in [4.78, 5) is 0. The van der Waals surface area contributed by atoms with Crippen LogP contribution in [0.1, 0.15) is 69.1 Å². The Morgan fingerprint density at radius 2 is 1.83 bits per heavy atom. The van der Waals surface area contributed by atoms with Crippen molar-refractivity contribution in [3.8, 4) is 11.5 Å². The normalized spacial score (nSPS) is 19.9. The molecule has 4 N–H and O–H groups in total. The second-order valence-corrected chi connectivity index (χ2v) is 6.24. The summed E-state index contributed by atoms with van der Waals surface area (Å²) >= 11 is 0. The summed E-state index contributed by atoms with van der Waals surface area (Å²) in [6.45, 7) is 2.62. The predicted octanol–water partition coefficient (Wildman–Crippen LogP) is 4.21. The number of phenols is 2. The van der Waals surface area contributed by atoms with Crippen LogP contribution in [0.5, 0.6) is 11.5 Å². The molecule has 1 aliphatic heterocycles. The molecule has 0 aliphatic carbocycles. The zero-order chi connectivity index (χ0) is 15.9. The minimum atomic E-state index is -0.180. The summed E-state index contributed by atoms with van der Waals surface area (Å²) in [5.74, 6) is -0.0677. The highest BCUT2D eigenvalue weighted by molar-refractivity contribution is 5.85. The van der Waals surface area contributed by atoms with Gasteiger partial charge in [0.25, 0.3) is 0 Å². The summed E-state index contributed by atoms with van der Waals surface area (Å²) in [6, 6.07) is 3.32. The van der Waals surface area contributed by atoms with Gasteiger partial charge in [-0.3, -0.25) is 0 Å². The molecule has 2 rings (SSSR count). The average Bonchev–Trinajstić information content (AvgIpc) is 2.54. The molecule has 1 heterocycles. The minimum Gasteiger partial charge on any atom is -0.504 e. The largest absolute Gasteiger partial charge is 0.504 e. The molecule has 1 aromatic carbocycles. The van der Waals surface area contributed by atoms with Crippen molar-refractivity contribution in [2.45, 2.75) is 70.5 Å². The third-order valence-corrected chi connectivity index (χ3v) is 4.53. The van der Waals surface area contributed by atoms with E-state index in [0.717, 1.165) is 24.0 Å². The van der Waals surface area contributed by atoms with Crippen molar-refractivity contribution < 1.29 is 14.9 Å². The smallest absolute Gasteiger partial charge is 0.161 e. The molecule has 0 fully saturated rings. The van der Waals surface area contributed by atoms with Crippen LogP contribution in [0.2, 0.25) is 0 Å². The molecule has 1 aliphatic rings. The van der Waals surface area contributed by atoms with E-state index in [1.54, 1.807) is 0 Å². The zero-order valence-corrected chi connectivity index (χ0v) is 14.8. The molecule has 0 unspecified atom stereocenters. The summed E-state index contributed by atoms with van der Waals surface area (Å²) in [7, 11) is 0. The lowest BCUT2D eigenvalue weighted by Crippen LogP contribution is -2.30. The Bertz CT molecular complexity index is 482. The highest BCUT2D eigenvalue weighted by atomic mass is 35.5. The quantitative estimate of drug-likeness (QED) is 0.488. The number of fused-ring (bicyclic) bond motifs is 1. The SMILES string of the molecule is CCCCCCCC[C@@H]1Cc2c(ccc(O)c2O)[C@H](CN)O1.Cl. The average molecular weight is 344 g/mol. The molecule has 4 nitrogen and oxygen atoms in total. The fourth-order valence-electron chi connectivity index (χ4n) is 3.24. The molecule has 0 aromatic heterocycles. The van der Waals surface area contributed by atoms with Gasteiger partial charge < -0.3 is 20.7 Å². The summed E-state index contributed by atoms with van der Waals surface area (Å²) < 4.78 is 6.07. The summed E-state index contributed by atoms with van der Waals surface area (Å²) in [5.41, 5.74) is 7.53. The van der Waals surface area contributed by atoms with E-state index in [2.05, 4.69) is 6.92 Å². The number of ether oxygens (including phenoxy) is 1. The fraction of sp³-hybridized carbons (Fsp3) is 0.667. The summed E-state index contributed by atoms with van der Waals surface area (Å²) in [5, 5.41) is 19.8. The highest BCUT2D eigenvalue weighted by Gasteiger charge is 2.29. The first-order valence-corrected chi connectivity index (χ1v) is 8.56. The lowest BCUT2D eigenvalue weighted by Gasteiger charge is -2.32. The lowest BCUT2D eigenvalue weighted by atomic mass is 9.91. The van der Waals surface area contributed by atoms with Gasteiger partial charge in [0.05, 0.1) is 12.2 Å². The van der Waals surface area contributed by atoms with E-state index in [1.165, 1.54) is 38.2 Å². The Kier molecular flexibility index (Phi) is 8.74. The van der Waals surface area contributed by atoms with Crippen LogP contribution in [-0.2, 0) is 11.2 Å². The monoisotopic (exact) mass is 343 g/mol.